The van der Waals surface area contributed by atoms with E-state index in [1.165, 1.54) is 11.5 Å². The summed E-state index contributed by atoms with van der Waals surface area (Å²) < 4.78 is 8.99. The van der Waals surface area contributed by atoms with Crippen molar-refractivity contribution in [1.82, 2.24) is 9.36 Å². The van der Waals surface area contributed by atoms with Gasteiger partial charge >= 0.3 is 5.97 Å². The number of hydrogen-bond acceptors (Lipinski definition) is 6. The maximum absolute atomic E-state index is 11.2. The molecule has 0 aliphatic heterocycles. The van der Waals surface area contributed by atoms with Crippen LogP contribution in [0.15, 0.2) is 0 Å². The topological polar surface area (TPSA) is 55.3 Å². The van der Waals surface area contributed by atoms with Crippen LogP contribution in [0.25, 0.3) is 0 Å². The van der Waals surface area contributed by atoms with Gasteiger partial charge in [0.1, 0.15) is 12.4 Å². The monoisotopic (exact) mass is 229 g/mol. The molecule has 0 radical (unpaired) electrons. The summed E-state index contributed by atoms with van der Waals surface area (Å²) in [5.41, 5.74) is 0. The molecule has 1 heterocycles. The highest BCUT2D eigenvalue weighted by Gasteiger charge is 2.11. The maximum Gasteiger partial charge on any atom is 0.325 e. The number of rotatable bonds is 5. The second-order valence-electron chi connectivity index (χ2n) is 3.01. The first-order valence-electron chi connectivity index (χ1n) is 4.86. The van der Waals surface area contributed by atoms with E-state index in [1.54, 1.807) is 18.9 Å². The van der Waals surface area contributed by atoms with Gasteiger partial charge in [-0.3, -0.25) is 4.79 Å². The van der Waals surface area contributed by atoms with Crippen molar-refractivity contribution in [2.75, 3.05) is 25.1 Å². The zero-order chi connectivity index (χ0) is 11.3. The fourth-order valence-electron chi connectivity index (χ4n) is 1.01. The van der Waals surface area contributed by atoms with Crippen LogP contribution >= 0.6 is 11.5 Å². The molecule has 5 nitrogen and oxygen atoms in total. The number of likely N-dealkylation sites (N-methyl/N-ethyl adjacent to an activating group) is 1. The van der Waals surface area contributed by atoms with E-state index >= 15 is 0 Å². The largest absolute Gasteiger partial charge is 0.465 e. The summed E-state index contributed by atoms with van der Waals surface area (Å²) in [6.07, 6.45) is 0.809. The number of hydrogen-bond donors (Lipinski definition) is 0. The fraction of sp³-hybridized carbons (Fsp3) is 0.667. The Morgan fingerprint density at radius 1 is 1.53 bits per heavy atom. The summed E-state index contributed by atoms with van der Waals surface area (Å²) in [5, 5.41) is 0.750. The van der Waals surface area contributed by atoms with E-state index in [0.29, 0.717) is 6.61 Å². The predicted molar refractivity (Wildman–Crippen MR) is 59.2 cm³/mol. The normalized spacial score (nSPS) is 10.1. The van der Waals surface area contributed by atoms with Gasteiger partial charge in [-0.15, -0.1) is 0 Å². The maximum atomic E-state index is 11.2. The number of nitrogens with zero attached hydrogens (tertiary/aromatic N) is 3. The van der Waals surface area contributed by atoms with Crippen LogP contribution in [-0.4, -0.2) is 35.5 Å². The molecule has 15 heavy (non-hydrogen) atoms. The summed E-state index contributed by atoms with van der Waals surface area (Å²) >= 11 is 1.30. The number of carbonyl (C=O) groups is 1. The Labute approximate surface area is 93.2 Å². The molecule has 1 rings (SSSR count). The molecule has 84 valence electrons. The molecule has 6 heteroatoms. The lowest BCUT2D eigenvalue weighted by Gasteiger charge is -2.13. The predicted octanol–water partition coefficient (Wildman–Crippen LogP) is 1.10. The number of aromatic nitrogens is 2. The second-order valence-corrected chi connectivity index (χ2v) is 3.74. The van der Waals surface area contributed by atoms with Gasteiger partial charge < -0.3 is 9.64 Å². The average Bonchev–Trinajstić information content (AvgIpc) is 2.66. The molecule has 0 spiro atoms. The Balaban J connectivity index is 2.52. The van der Waals surface area contributed by atoms with Gasteiger partial charge in [-0.2, -0.15) is 4.37 Å². The molecule has 1 aromatic rings. The van der Waals surface area contributed by atoms with Gasteiger partial charge in [0.15, 0.2) is 0 Å². The molecule has 0 fully saturated rings. The summed E-state index contributed by atoms with van der Waals surface area (Å²) in [6, 6.07) is 0. The van der Waals surface area contributed by atoms with Gasteiger partial charge in [0.25, 0.3) is 0 Å². The van der Waals surface area contributed by atoms with Crippen LogP contribution < -0.4 is 4.90 Å². The van der Waals surface area contributed by atoms with E-state index in [1.807, 2.05) is 6.92 Å². The van der Waals surface area contributed by atoms with Crippen molar-refractivity contribution in [3.8, 4) is 0 Å². The summed E-state index contributed by atoms with van der Waals surface area (Å²) in [7, 11) is 1.80. The van der Waals surface area contributed by atoms with Crippen LogP contribution in [0.4, 0.5) is 5.13 Å². The molecular weight excluding hydrogens is 214 g/mol. The SMILES string of the molecule is CCOC(=O)CN(C)c1nc(CC)ns1. The summed E-state index contributed by atoms with van der Waals surface area (Å²) in [4.78, 5) is 17.2. The highest BCUT2D eigenvalue weighted by Crippen LogP contribution is 2.15. The molecule has 1 aromatic heterocycles. The van der Waals surface area contributed by atoms with Gasteiger partial charge in [0.05, 0.1) is 6.61 Å². The standard InChI is InChI=1S/C9H15N3O2S/c1-4-7-10-9(15-11-7)12(3)6-8(13)14-5-2/h4-6H2,1-3H3. The van der Waals surface area contributed by atoms with Gasteiger partial charge in [-0.25, -0.2) is 4.98 Å². The zero-order valence-electron chi connectivity index (χ0n) is 9.19. The molecule has 0 saturated heterocycles. The van der Waals surface area contributed by atoms with Gasteiger partial charge in [0, 0.05) is 25.0 Å². The summed E-state index contributed by atoms with van der Waals surface area (Å²) in [5.74, 6) is 0.568. The lowest BCUT2D eigenvalue weighted by atomic mass is 10.5. The molecular formula is C9H15N3O2S. The number of anilines is 1. The van der Waals surface area contributed by atoms with Crippen molar-refractivity contribution in [3.63, 3.8) is 0 Å². The molecule has 0 aliphatic carbocycles. The number of aryl methyl sites for hydroxylation is 1. The minimum absolute atomic E-state index is 0.214. The molecule has 0 atom stereocenters. The van der Waals surface area contributed by atoms with Crippen molar-refractivity contribution in [2.45, 2.75) is 20.3 Å². The van der Waals surface area contributed by atoms with Crippen LogP contribution in [0, 0.1) is 0 Å². The smallest absolute Gasteiger partial charge is 0.325 e. The van der Waals surface area contributed by atoms with Crippen LogP contribution in [0.5, 0.6) is 0 Å². The van der Waals surface area contributed by atoms with E-state index in [2.05, 4.69) is 9.36 Å². The Hall–Kier alpha value is -1.17. The number of carbonyl (C=O) groups excluding carboxylic acids is 1. The van der Waals surface area contributed by atoms with E-state index in [0.717, 1.165) is 17.4 Å². The van der Waals surface area contributed by atoms with Crippen molar-refractivity contribution < 1.29 is 9.53 Å². The number of ether oxygens (including phenoxy) is 1. The minimum Gasteiger partial charge on any atom is -0.465 e. The molecule has 0 saturated carbocycles. The molecule has 0 amide bonds. The van der Waals surface area contributed by atoms with E-state index in [9.17, 15) is 4.79 Å². The van der Waals surface area contributed by atoms with Crippen molar-refractivity contribution in [3.05, 3.63) is 5.82 Å². The van der Waals surface area contributed by atoms with Gasteiger partial charge in [-0.1, -0.05) is 6.92 Å². The second kappa shape index (κ2) is 5.65. The van der Waals surface area contributed by atoms with Crippen LogP contribution in [0.3, 0.4) is 0 Å². The Morgan fingerprint density at radius 3 is 2.80 bits per heavy atom. The molecule has 0 bridgehead atoms. The van der Waals surface area contributed by atoms with Crippen molar-refractivity contribution in [2.24, 2.45) is 0 Å². The first kappa shape index (κ1) is 11.9. The zero-order valence-corrected chi connectivity index (χ0v) is 10.0. The lowest BCUT2D eigenvalue weighted by molar-refractivity contribution is -0.141. The minimum atomic E-state index is -0.242. The van der Waals surface area contributed by atoms with Crippen molar-refractivity contribution in [1.29, 1.82) is 0 Å². The third kappa shape index (κ3) is 3.47. The Morgan fingerprint density at radius 2 is 2.27 bits per heavy atom. The quantitative estimate of drug-likeness (QED) is 0.708. The van der Waals surface area contributed by atoms with E-state index in [-0.39, 0.29) is 12.5 Å². The Bertz CT molecular complexity index is 327. The molecule has 0 unspecified atom stereocenters. The lowest BCUT2D eigenvalue weighted by Crippen LogP contribution is -2.26. The first-order valence-corrected chi connectivity index (χ1v) is 5.64. The number of esters is 1. The summed E-state index contributed by atoms with van der Waals surface area (Å²) in [6.45, 7) is 4.41. The van der Waals surface area contributed by atoms with Crippen molar-refractivity contribution >= 4 is 22.6 Å². The Kier molecular flexibility index (Phi) is 4.48. The highest BCUT2D eigenvalue weighted by molar-refractivity contribution is 7.09. The van der Waals surface area contributed by atoms with Crippen LogP contribution in [0.2, 0.25) is 0 Å². The van der Waals surface area contributed by atoms with Gasteiger partial charge in [-0.05, 0) is 6.92 Å². The molecule has 0 aliphatic rings. The third-order valence-electron chi connectivity index (χ3n) is 1.77. The van der Waals surface area contributed by atoms with Gasteiger partial charge in [0.2, 0.25) is 5.13 Å². The van der Waals surface area contributed by atoms with E-state index in [4.69, 9.17) is 4.74 Å². The third-order valence-corrected chi connectivity index (χ3v) is 2.64. The highest BCUT2D eigenvalue weighted by atomic mass is 32.1. The van der Waals surface area contributed by atoms with Crippen LogP contribution in [-0.2, 0) is 16.0 Å². The first-order chi connectivity index (χ1) is 7.17. The average molecular weight is 229 g/mol. The fourth-order valence-corrected chi connectivity index (χ4v) is 1.72. The molecule has 0 N–H and O–H groups in total. The van der Waals surface area contributed by atoms with E-state index < -0.39 is 0 Å². The molecule has 0 aromatic carbocycles. The van der Waals surface area contributed by atoms with Crippen LogP contribution in [0.1, 0.15) is 19.7 Å².